The first-order valence-electron chi connectivity index (χ1n) is 10.1. The van der Waals surface area contributed by atoms with E-state index >= 15 is 0 Å². The predicted octanol–water partition coefficient (Wildman–Crippen LogP) is 6.43. The molecule has 1 aliphatic heterocycles. The maximum Gasteiger partial charge on any atom is 0.0724 e. The summed E-state index contributed by atoms with van der Waals surface area (Å²) in [5.41, 5.74) is 5.66. The fourth-order valence-corrected chi connectivity index (χ4v) is 5.44. The fraction of sp³-hybridized carbons (Fsp3) is 0.292. The molecule has 4 aromatic rings. The first-order valence-corrected chi connectivity index (χ1v) is 11.5. The van der Waals surface area contributed by atoms with Crippen molar-refractivity contribution in [3.63, 3.8) is 0 Å². The maximum atomic E-state index is 6.66. The van der Waals surface area contributed by atoms with Gasteiger partial charge in [-0.05, 0) is 72.9 Å². The van der Waals surface area contributed by atoms with Crippen LogP contribution >= 0.6 is 22.9 Å². The molecule has 1 saturated heterocycles. The average molecular weight is 422 g/mol. The fourth-order valence-electron chi connectivity index (χ4n) is 4.51. The van der Waals surface area contributed by atoms with Gasteiger partial charge in [-0.1, -0.05) is 23.7 Å². The summed E-state index contributed by atoms with van der Waals surface area (Å²) in [7, 11) is 2.22. The smallest absolute Gasteiger partial charge is 0.0724 e. The minimum atomic E-state index is 0.671. The molecule has 0 N–H and O–H groups in total. The van der Waals surface area contributed by atoms with Crippen LogP contribution in [0, 0.1) is 5.92 Å². The summed E-state index contributed by atoms with van der Waals surface area (Å²) >= 11 is 8.36. The normalized spacial score (nSPS) is 17.8. The van der Waals surface area contributed by atoms with Crippen molar-refractivity contribution in [1.82, 2.24) is 14.5 Å². The number of aromatic nitrogens is 2. The van der Waals surface area contributed by atoms with E-state index in [1.165, 1.54) is 30.5 Å². The molecule has 0 aliphatic carbocycles. The number of halogens is 1. The molecule has 3 aromatic heterocycles. The van der Waals surface area contributed by atoms with Crippen LogP contribution in [-0.2, 0) is 6.54 Å². The summed E-state index contributed by atoms with van der Waals surface area (Å²) in [6.07, 6.45) is 6.78. The molecule has 0 radical (unpaired) electrons. The largest absolute Gasteiger partial charge is 0.346 e. The van der Waals surface area contributed by atoms with Crippen LogP contribution in [0.5, 0.6) is 0 Å². The summed E-state index contributed by atoms with van der Waals surface area (Å²) in [4.78, 5) is 7.24. The molecule has 5 heteroatoms. The summed E-state index contributed by atoms with van der Waals surface area (Å²) in [5, 5.41) is 6.15. The van der Waals surface area contributed by atoms with Crippen LogP contribution in [0.3, 0.4) is 0 Å². The van der Waals surface area contributed by atoms with Crippen LogP contribution in [0.1, 0.15) is 12.8 Å². The van der Waals surface area contributed by atoms with Crippen molar-refractivity contribution in [2.24, 2.45) is 5.92 Å². The molecule has 4 heterocycles. The molecule has 1 fully saturated rings. The number of thiophene rings is 1. The minimum Gasteiger partial charge on any atom is -0.346 e. The van der Waals surface area contributed by atoms with E-state index in [2.05, 4.69) is 57.7 Å². The molecule has 1 unspecified atom stereocenters. The van der Waals surface area contributed by atoms with Gasteiger partial charge in [0.1, 0.15) is 0 Å². The lowest BCUT2D eigenvalue weighted by atomic mass is 9.98. The summed E-state index contributed by atoms with van der Waals surface area (Å²) in [6, 6.07) is 12.6. The van der Waals surface area contributed by atoms with Gasteiger partial charge in [-0.25, -0.2) is 0 Å². The summed E-state index contributed by atoms with van der Waals surface area (Å²) < 4.78 is 2.38. The monoisotopic (exact) mass is 421 g/mol. The Labute approximate surface area is 180 Å². The lowest BCUT2D eigenvalue weighted by Gasteiger charge is -2.30. The Morgan fingerprint density at radius 3 is 2.86 bits per heavy atom. The van der Waals surface area contributed by atoms with Crippen LogP contribution in [0.15, 0.2) is 59.6 Å². The molecule has 1 atom stereocenters. The van der Waals surface area contributed by atoms with Crippen molar-refractivity contribution in [3.05, 3.63) is 64.6 Å². The van der Waals surface area contributed by atoms with Gasteiger partial charge < -0.3 is 9.47 Å². The van der Waals surface area contributed by atoms with E-state index in [4.69, 9.17) is 16.6 Å². The van der Waals surface area contributed by atoms with Gasteiger partial charge in [0.2, 0.25) is 0 Å². The highest BCUT2D eigenvalue weighted by Gasteiger charge is 2.20. The quantitative estimate of drug-likeness (QED) is 0.378. The lowest BCUT2D eigenvalue weighted by molar-refractivity contribution is 0.196. The number of pyridine rings is 1. The zero-order valence-corrected chi connectivity index (χ0v) is 18.1. The summed E-state index contributed by atoms with van der Waals surface area (Å²) in [5.74, 6) is 0.671. The number of fused-ring (bicyclic) bond motifs is 1. The minimum absolute atomic E-state index is 0.671. The highest BCUT2D eigenvalue weighted by atomic mass is 35.5. The highest BCUT2D eigenvalue weighted by molar-refractivity contribution is 7.08. The van der Waals surface area contributed by atoms with Crippen molar-refractivity contribution in [2.75, 3.05) is 20.1 Å². The topological polar surface area (TPSA) is 21.1 Å². The van der Waals surface area contributed by atoms with Gasteiger partial charge in [-0.15, -0.1) is 0 Å². The number of hydrogen-bond donors (Lipinski definition) is 0. The van der Waals surface area contributed by atoms with Gasteiger partial charge in [0.15, 0.2) is 0 Å². The van der Waals surface area contributed by atoms with E-state index in [0.29, 0.717) is 5.92 Å². The zero-order valence-electron chi connectivity index (χ0n) is 16.5. The predicted molar refractivity (Wildman–Crippen MR) is 124 cm³/mol. The van der Waals surface area contributed by atoms with Crippen LogP contribution in [-0.4, -0.2) is 34.6 Å². The van der Waals surface area contributed by atoms with Crippen molar-refractivity contribution in [3.8, 4) is 22.4 Å². The van der Waals surface area contributed by atoms with E-state index in [0.717, 1.165) is 40.3 Å². The third-order valence-corrected chi connectivity index (χ3v) is 6.92. The molecule has 5 rings (SSSR count). The lowest BCUT2D eigenvalue weighted by Crippen LogP contribution is -2.33. The van der Waals surface area contributed by atoms with E-state index in [9.17, 15) is 0 Å². The van der Waals surface area contributed by atoms with Crippen molar-refractivity contribution >= 4 is 33.8 Å². The molecule has 0 bridgehead atoms. The molecule has 148 valence electrons. The molecular weight excluding hydrogens is 398 g/mol. The second-order valence-electron chi connectivity index (χ2n) is 8.04. The molecule has 1 aromatic carbocycles. The van der Waals surface area contributed by atoms with E-state index < -0.39 is 0 Å². The second kappa shape index (κ2) is 7.94. The van der Waals surface area contributed by atoms with Crippen LogP contribution in [0.25, 0.3) is 33.3 Å². The first-order chi connectivity index (χ1) is 14.2. The number of benzene rings is 1. The Bertz CT molecular complexity index is 1120. The third kappa shape index (κ3) is 3.73. The van der Waals surface area contributed by atoms with E-state index in [1.807, 2.05) is 18.3 Å². The van der Waals surface area contributed by atoms with Crippen LogP contribution in [0.2, 0.25) is 5.02 Å². The van der Waals surface area contributed by atoms with Gasteiger partial charge in [-0.2, -0.15) is 11.3 Å². The standard InChI is InChI=1S/C24H24ClN3S/c1-27-10-3-4-17(13-27)14-28-15-20(24-21(25)5-2-6-23(24)28)22-8-7-18(12-26-22)19-9-11-29-16-19/h2,5-9,11-12,15-17H,3-4,10,13-14H2,1H3. The van der Waals surface area contributed by atoms with E-state index in [1.54, 1.807) is 11.3 Å². The number of hydrogen-bond acceptors (Lipinski definition) is 3. The number of rotatable bonds is 4. The average Bonchev–Trinajstić information content (AvgIpc) is 3.38. The number of piperidine rings is 1. The first kappa shape index (κ1) is 18.9. The third-order valence-electron chi connectivity index (χ3n) is 5.93. The molecule has 1 aliphatic rings. The van der Waals surface area contributed by atoms with Crippen LogP contribution in [0.4, 0.5) is 0 Å². The van der Waals surface area contributed by atoms with Gasteiger partial charge in [0, 0.05) is 42.0 Å². The van der Waals surface area contributed by atoms with Gasteiger partial charge in [0.25, 0.3) is 0 Å². The highest BCUT2D eigenvalue weighted by Crippen LogP contribution is 2.36. The summed E-state index contributed by atoms with van der Waals surface area (Å²) in [6.45, 7) is 3.39. The number of nitrogens with zero attached hydrogens (tertiary/aromatic N) is 3. The van der Waals surface area contributed by atoms with Gasteiger partial charge >= 0.3 is 0 Å². The van der Waals surface area contributed by atoms with Gasteiger partial charge in [-0.3, -0.25) is 4.98 Å². The van der Waals surface area contributed by atoms with E-state index in [-0.39, 0.29) is 0 Å². The second-order valence-corrected chi connectivity index (χ2v) is 9.23. The Hall–Kier alpha value is -2.14. The Kier molecular flexibility index (Phi) is 5.17. The Morgan fingerprint density at radius 2 is 2.10 bits per heavy atom. The molecule has 0 spiro atoms. The Balaban J connectivity index is 1.53. The van der Waals surface area contributed by atoms with Crippen molar-refractivity contribution in [2.45, 2.75) is 19.4 Å². The number of likely N-dealkylation sites (tertiary alicyclic amines) is 1. The molecular formula is C24H24ClN3S. The molecule has 0 saturated carbocycles. The zero-order chi connectivity index (χ0) is 19.8. The van der Waals surface area contributed by atoms with Crippen LogP contribution < -0.4 is 0 Å². The maximum absolute atomic E-state index is 6.66. The molecule has 3 nitrogen and oxygen atoms in total. The van der Waals surface area contributed by atoms with Crippen molar-refractivity contribution < 1.29 is 0 Å². The van der Waals surface area contributed by atoms with Gasteiger partial charge in [0.05, 0.1) is 16.2 Å². The van der Waals surface area contributed by atoms with Crippen molar-refractivity contribution in [1.29, 1.82) is 0 Å². The molecule has 0 amide bonds. The Morgan fingerprint density at radius 1 is 1.17 bits per heavy atom. The SMILES string of the molecule is CN1CCCC(Cn2cc(-c3ccc(-c4ccsc4)cn3)c3c(Cl)cccc32)C1. The molecule has 29 heavy (non-hydrogen) atoms.